The lowest BCUT2D eigenvalue weighted by Crippen LogP contribution is -2.19. The van der Waals surface area contributed by atoms with Gasteiger partial charge in [-0.25, -0.2) is 9.37 Å². The van der Waals surface area contributed by atoms with E-state index in [1.807, 2.05) is 12.1 Å². The van der Waals surface area contributed by atoms with Crippen molar-refractivity contribution in [2.75, 3.05) is 11.9 Å². The Morgan fingerprint density at radius 2 is 2.17 bits per heavy atom. The van der Waals surface area contributed by atoms with Crippen molar-refractivity contribution in [1.82, 2.24) is 9.97 Å². The zero-order chi connectivity index (χ0) is 13.0. The number of aromatic nitrogens is 2. The standard InChI is InChI=1S/C13H14FN3O/c1-17(8-10-3-2-5-15-7-10)13-12(14)11(9-18)4-6-16-13/h2-7,18H,8-9H2,1H3. The lowest BCUT2D eigenvalue weighted by atomic mass is 10.2. The summed E-state index contributed by atoms with van der Waals surface area (Å²) in [6.45, 7) is 0.175. The van der Waals surface area contributed by atoms with E-state index in [0.717, 1.165) is 5.56 Å². The molecule has 2 heterocycles. The van der Waals surface area contributed by atoms with Gasteiger partial charge in [0, 0.05) is 37.7 Å². The first-order chi connectivity index (χ1) is 8.72. The Balaban J connectivity index is 2.21. The van der Waals surface area contributed by atoms with Gasteiger partial charge in [0.25, 0.3) is 0 Å². The molecular formula is C13H14FN3O. The van der Waals surface area contributed by atoms with E-state index >= 15 is 0 Å². The van der Waals surface area contributed by atoms with Gasteiger partial charge in [-0.2, -0.15) is 0 Å². The van der Waals surface area contributed by atoms with E-state index in [9.17, 15) is 4.39 Å². The molecule has 4 nitrogen and oxygen atoms in total. The number of hydrogen-bond donors (Lipinski definition) is 1. The van der Waals surface area contributed by atoms with E-state index in [0.29, 0.717) is 6.54 Å². The zero-order valence-electron chi connectivity index (χ0n) is 10.0. The minimum atomic E-state index is -0.480. The first-order valence-electron chi connectivity index (χ1n) is 5.56. The fourth-order valence-corrected chi connectivity index (χ4v) is 1.70. The Kier molecular flexibility index (Phi) is 3.84. The van der Waals surface area contributed by atoms with Crippen molar-refractivity contribution in [2.24, 2.45) is 0 Å². The van der Waals surface area contributed by atoms with E-state index in [1.165, 1.54) is 12.3 Å². The third-order valence-corrected chi connectivity index (χ3v) is 2.63. The van der Waals surface area contributed by atoms with Gasteiger partial charge < -0.3 is 10.0 Å². The maximum Gasteiger partial charge on any atom is 0.171 e. The number of halogens is 1. The fourth-order valence-electron chi connectivity index (χ4n) is 1.70. The van der Waals surface area contributed by atoms with Gasteiger partial charge >= 0.3 is 0 Å². The summed E-state index contributed by atoms with van der Waals surface area (Å²) in [5.41, 5.74) is 1.22. The Bertz CT molecular complexity index is 519. The number of anilines is 1. The minimum Gasteiger partial charge on any atom is -0.392 e. The number of hydrogen-bond acceptors (Lipinski definition) is 4. The molecule has 0 aromatic carbocycles. The van der Waals surface area contributed by atoms with Gasteiger partial charge in [0.15, 0.2) is 11.6 Å². The minimum absolute atomic E-state index is 0.227. The molecule has 18 heavy (non-hydrogen) atoms. The van der Waals surface area contributed by atoms with Crippen molar-refractivity contribution in [1.29, 1.82) is 0 Å². The van der Waals surface area contributed by atoms with Crippen LogP contribution >= 0.6 is 0 Å². The summed E-state index contributed by atoms with van der Waals surface area (Å²) in [4.78, 5) is 9.70. The van der Waals surface area contributed by atoms with Crippen LogP contribution in [0.25, 0.3) is 0 Å². The van der Waals surface area contributed by atoms with Crippen molar-refractivity contribution >= 4 is 5.82 Å². The lowest BCUT2D eigenvalue weighted by molar-refractivity contribution is 0.275. The highest BCUT2D eigenvalue weighted by Crippen LogP contribution is 2.19. The fraction of sp³-hybridized carbons (Fsp3) is 0.231. The van der Waals surface area contributed by atoms with Crippen LogP contribution in [0.2, 0.25) is 0 Å². The van der Waals surface area contributed by atoms with Crippen LogP contribution in [-0.4, -0.2) is 22.1 Å². The second kappa shape index (κ2) is 5.55. The van der Waals surface area contributed by atoms with Gasteiger partial charge in [-0.1, -0.05) is 6.07 Å². The summed E-state index contributed by atoms with van der Waals surface area (Å²) >= 11 is 0. The third-order valence-electron chi connectivity index (χ3n) is 2.63. The predicted molar refractivity (Wildman–Crippen MR) is 66.5 cm³/mol. The SMILES string of the molecule is CN(Cc1cccnc1)c1nccc(CO)c1F. The van der Waals surface area contributed by atoms with E-state index < -0.39 is 5.82 Å². The predicted octanol–water partition coefficient (Wildman–Crippen LogP) is 1.74. The van der Waals surface area contributed by atoms with Crippen LogP contribution in [0.4, 0.5) is 10.2 Å². The van der Waals surface area contributed by atoms with E-state index in [-0.39, 0.29) is 18.0 Å². The molecule has 0 aliphatic carbocycles. The zero-order valence-corrected chi connectivity index (χ0v) is 10.0. The quantitative estimate of drug-likeness (QED) is 0.894. The molecule has 1 N–H and O–H groups in total. The molecule has 0 spiro atoms. The largest absolute Gasteiger partial charge is 0.392 e. The number of pyridine rings is 2. The average Bonchev–Trinajstić information content (AvgIpc) is 2.40. The molecule has 0 amide bonds. The normalized spacial score (nSPS) is 10.4. The summed E-state index contributed by atoms with van der Waals surface area (Å²) in [6.07, 6.45) is 4.91. The van der Waals surface area contributed by atoms with Crippen LogP contribution in [0.15, 0.2) is 36.8 Å². The van der Waals surface area contributed by atoms with Crippen molar-refractivity contribution < 1.29 is 9.50 Å². The molecule has 2 aromatic heterocycles. The van der Waals surface area contributed by atoms with Crippen molar-refractivity contribution in [3.05, 3.63) is 53.7 Å². The van der Waals surface area contributed by atoms with Gasteiger partial charge in [0.2, 0.25) is 0 Å². The molecule has 2 rings (SSSR count). The topological polar surface area (TPSA) is 49.2 Å². The molecule has 2 aromatic rings. The van der Waals surface area contributed by atoms with Crippen LogP contribution in [0.1, 0.15) is 11.1 Å². The average molecular weight is 247 g/mol. The number of nitrogens with zero attached hydrogens (tertiary/aromatic N) is 3. The van der Waals surface area contributed by atoms with Gasteiger partial charge in [-0.3, -0.25) is 4.98 Å². The summed E-state index contributed by atoms with van der Waals surface area (Å²) in [7, 11) is 1.75. The van der Waals surface area contributed by atoms with Crippen molar-refractivity contribution in [2.45, 2.75) is 13.2 Å². The lowest BCUT2D eigenvalue weighted by Gasteiger charge is -2.19. The highest BCUT2D eigenvalue weighted by Gasteiger charge is 2.13. The van der Waals surface area contributed by atoms with Crippen LogP contribution in [-0.2, 0) is 13.2 Å². The van der Waals surface area contributed by atoms with Crippen molar-refractivity contribution in [3.63, 3.8) is 0 Å². The van der Waals surface area contributed by atoms with Gasteiger partial charge in [0.1, 0.15) is 0 Å². The smallest absolute Gasteiger partial charge is 0.171 e. The molecule has 0 aliphatic rings. The third kappa shape index (κ3) is 2.62. The van der Waals surface area contributed by atoms with Crippen LogP contribution in [0.3, 0.4) is 0 Å². The molecule has 0 bridgehead atoms. The second-order valence-corrected chi connectivity index (χ2v) is 3.98. The first-order valence-corrected chi connectivity index (χ1v) is 5.56. The highest BCUT2D eigenvalue weighted by molar-refractivity contribution is 5.42. The van der Waals surface area contributed by atoms with Crippen LogP contribution in [0.5, 0.6) is 0 Å². The molecule has 0 fully saturated rings. The molecule has 0 saturated carbocycles. The summed E-state index contributed by atoms with van der Waals surface area (Å²) in [5, 5.41) is 9.02. The van der Waals surface area contributed by atoms with Gasteiger partial charge in [0.05, 0.1) is 6.61 Å². The molecule has 0 radical (unpaired) electrons. The molecule has 5 heteroatoms. The molecule has 0 aliphatic heterocycles. The molecular weight excluding hydrogens is 233 g/mol. The summed E-state index contributed by atoms with van der Waals surface area (Å²) in [5.74, 6) is -0.253. The van der Waals surface area contributed by atoms with E-state index in [4.69, 9.17) is 5.11 Å². The number of aliphatic hydroxyl groups excluding tert-OH is 1. The molecule has 94 valence electrons. The van der Waals surface area contributed by atoms with Crippen LogP contribution < -0.4 is 4.90 Å². The number of aliphatic hydroxyl groups is 1. The highest BCUT2D eigenvalue weighted by atomic mass is 19.1. The summed E-state index contributed by atoms with van der Waals surface area (Å²) in [6, 6.07) is 5.21. The first kappa shape index (κ1) is 12.4. The molecule has 0 atom stereocenters. The Morgan fingerprint density at radius 1 is 1.33 bits per heavy atom. The maximum absolute atomic E-state index is 13.9. The maximum atomic E-state index is 13.9. The molecule has 0 saturated heterocycles. The Labute approximate surface area is 105 Å². The monoisotopic (exact) mass is 247 g/mol. The second-order valence-electron chi connectivity index (χ2n) is 3.98. The molecule has 0 unspecified atom stereocenters. The van der Waals surface area contributed by atoms with Crippen molar-refractivity contribution in [3.8, 4) is 0 Å². The van der Waals surface area contributed by atoms with E-state index in [2.05, 4.69) is 9.97 Å². The van der Waals surface area contributed by atoms with Gasteiger partial charge in [-0.05, 0) is 17.7 Å². The van der Waals surface area contributed by atoms with Crippen LogP contribution in [0, 0.1) is 5.82 Å². The Morgan fingerprint density at radius 3 is 2.83 bits per heavy atom. The Hall–Kier alpha value is -2.01. The van der Waals surface area contributed by atoms with Gasteiger partial charge in [-0.15, -0.1) is 0 Å². The number of rotatable bonds is 4. The van der Waals surface area contributed by atoms with E-state index in [1.54, 1.807) is 24.3 Å². The summed E-state index contributed by atoms with van der Waals surface area (Å²) < 4.78 is 13.9.